The molecule has 0 bridgehead atoms. The van der Waals surface area contributed by atoms with Crippen LogP contribution in [0, 0.1) is 24.2 Å². The molecule has 4 rings (SSSR count). The summed E-state index contributed by atoms with van der Waals surface area (Å²) in [7, 11) is 1.68. The molecule has 3 aromatic rings. The minimum absolute atomic E-state index is 0.133. The zero-order chi connectivity index (χ0) is 19.5. The average molecular weight is 371 g/mol. The normalized spacial score (nSPS) is 17.4. The number of aryl methyl sites for hydroxylation is 1. The Labute approximate surface area is 166 Å². The molecule has 0 saturated carbocycles. The minimum atomic E-state index is 0.133. The Morgan fingerprint density at radius 1 is 1.21 bits per heavy atom. The van der Waals surface area contributed by atoms with E-state index in [4.69, 9.17) is 9.72 Å². The second kappa shape index (κ2) is 8.00. The highest BCUT2D eigenvalue weighted by atomic mass is 16.5. The van der Waals surface area contributed by atoms with E-state index in [-0.39, 0.29) is 5.92 Å². The molecule has 28 heavy (non-hydrogen) atoms. The van der Waals surface area contributed by atoms with Crippen LogP contribution in [0.3, 0.4) is 0 Å². The third-order valence-electron chi connectivity index (χ3n) is 5.48. The van der Waals surface area contributed by atoms with Crippen molar-refractivity contribution >= 4 is 10.9 Å². The Bertz CT molecular complexity index is 1040. The number of hydrogen-bond acceptors (Lipinski definition) is 4. The van der Waals surface area contributed by atoms with E-state index in [0.29, 0.717) is 0 Å². The van der Waals surface area contributed by atoms with Crippen LogP contribution in [0.15, 0.2) is 48.5 Å². The number of ether oxygens (including phenoxy) is 1. The molecule has 1 aromatic heterocycles. The summed E-state index contributed by atoms with van der Waals surface area (Å²) < 4.78 is 5.38. The molecule has 4 nitrogen and oxygen atoms in total. The van der Waals surface area contributed by atoms with E-state index in [0.717, 1.165) is 60.4 Å². The Morgan fingerprint density at radius 3 is 2.89 bits per heavy atom. The third-order valence-corrected chi connectivity index (χ3v) is 5.48. The predicted octanol–water partition coefficient (Wildman–Crippen LogP) is 4.95. The van der Waals surface area contributed by atoms with Crippen molar-refractivity contribution in [2.24, 2.45) is 5.92 Å². The van der Waals surface area contributed by atoms with Crippen LogP contribution >= 0.6 is 0 Å². The van der Waals surface area contributed by atoms with Crippen molar-refractivity contribution in [2.75, 3.05) is 20.2 Å². The molecule has 0 radical (unpaired) electrons. The van der Waals surface area contributed by atoms with Gasteiger partial charge in [-0.15, -0.1) is 0 Å². The fourth-order valence-electron chi connectivity index (χ4n) is 4.03. The molecule has 0 aliphatic carbocycles. The second-order valence-corrected chi connectivity index (χ2v) is 7.63. The summed E-state index contributed by atoms with van der Waals surface area (Å²) in [6, 6.07) is 19.2. The lowest BCUT2D eigenvalue weighted by Gasteiger charge is -2.30. The predicted molar refractivity (Wildman–Crippen MR) is 112 cm³/mol. The van der Waals surface area contributed by atoms with Gasteiger partial charge in [-0.1, -0.05) is 23.8 Å². The molecule has 1 aliphatic rings. The molecule has 1 saturated heterocycles. The van der Waals surface area contributed by atoms with Crippen LogP contribution in [-0.2, 0) is 6.54 Å². The Hall–Kier alpha value is -2.90. The lowest BCUT2D eigenvalue weighted by Crippen LogP contribution is -2.34. The fourth-order valence-corrected chi connectivity index (χ4v) is 4.03. The van der Waals surface area contributed by atoms with Crippen molar-refractivity contribution < 1.29 is 4.74 Å². The third kappa shape index (κ3) is 3.85. The molecule has 1 fully saturated rings. The molecular weight excluding hydrogens is 346 g/mol. The summed E-state index contributed by atoms with van der Waals surface area (Å²) in [4.78, 5) is 7.42. The first-order valence-corrected chi connectivity index (χ1v) is 9.83. The van der Waals surface area contributed by atoms with Gasteiger partial charge in [0.15, 0.2) is 0 Å². The van der Waals surface area contributed by atoms with E-state index in [1.807, 2.05) is 12.1 Å². The number of nitriles is 1. The van der Waals surface area contributed by atoms with Crippen molar-refractivity contribution in [3.63, 3.8) is 0 Å². The fraction of sp³-hybridized carbons (Fsp3) is 0.333. The SMILES string of the molecule is COc1ccc2cc(CN3CCC[C@@H](C#N)C3)c(-c3cccc(C)c3)nc2c1. The molecule has 142 valence electrons. The summed E-state index contributed by atoms with van der Waals surface area (Å²) >= 11 is 0. The quantitative estimate of drug-likeness (QED) is 0.651. The first kappa shape index (κ1) is 18.5. The number of piperidine rings is 1. The number of pyridine rings is 1. The number of likely N-dealkylation sites (tertiary alicyclic amines) is 1. The van der Waals surface area contributed by atoms with E-state index in [1.165, 1.54) is 11.1 Å². The maximum atomic E-state index is 9.33. The number of hydrogen-bond donors (Lipinski definition) is 0. The van der Waals surface area contributed by atoms with Crippen molar-refractivity contribution in [3.8, 4) is 23.1 Å². The number of aromatic nitrogens is 1. The van der Waals surface area contributed by atoms with Crippen molar-refractivity contribution in [1.29, 1.82) is 5.26 Å². The lowest BCUT2D eigenvalue weighted by atomic mass is 9.97. The van der Waals surface area contributed by atoms with Gasteiger partial charge in [0.2, 0.25) is 0 Å². The van der Waals surface area contributed by atoms with Crippen LogP contribution in [0.5, 0.6) is 5.75 Å². The summed E-state index contributed by atoms with van der Waals surface area (Å²) in [5, 5.41) is 10.4. The van der Waals surface area contributed by atoms with Gasteiger partial charge in [-0.2, -0.15) is 5.26 Å². The van der Waals surface area contributed by atoms with Crippen molar-refractivity contribution in [3.05, 3.63) is 59.7 Å². The summed E-state index contributed by atoms with van der Waals surface area (Å²) in [6.07, 6.45) is 2.09. The standard InChI is InChI=1S/C24H25N3O/c1-17-5-3-7-20(11-17)24-21(16-27-10-4-6-18(14-25)15-27)12-19-8-9-22(28-2)13-23(19)26-24/h3,5,7-9,11-13,18H,4,6,10,15-16H2,1-2H3/t18-/m0/s1. The zero-order valence-corrected chi connectivity index (χ0v) is 16.5. The minimum Gasteiger partial charge on any atom is -0.497 e. The van der Waals surface area contributed by atoms with Crippen molar-refractivity contribution in [2.45, 2.75) is 26.3 Å². The Morgan fingerprint density at radius 2 is 2.11 bits per heavy atom. The van der Waals surface area contributed by atoms with Crippen LogP contribution < -0.4 is 4.74 Å². The molecule has 1 atom stereocenters. The lowest BCUT2D eigenvalue weighted by molar-refractivity contribution is 0.192. The molecule has 0 spiro atoms. The first-order valence-electron chi connectivity index (χ1n) is 9.83. The van der Waals surface area contributed by atoms with Gasteiger partial charge in [-0.05, 0) is 56.1 Å². The molecule has 4 heteroatoms. The average Bonchev–Trinajstić information content (AvgIpc) is 2.73. The highest BCUT2D eigenvalue weighted by Gasteiger charge is 2.21. The molecule has 2 aromatic carbocycles. The van der Waals surface area contributed by atoms with Crippen LogP contribution in [0.4, 0.5) is 0 Å². The van der Waals surface area contributed by atoms with Crippen LogP contribution in [0.1, 0.15) is 24.0 Å². The second-order valence-electron chi connectivity index (χ2n) is 7.63. The number of nitrogens with zero attached hydrogens (tertiary/aromatic N) is 3. The van der Waals surface area contributed by atoms with Crippen molar-refractivity contribution in [1.82, 2.24) is 9.88 Å². The summed E-state index contributed by atoms with van der Waals surface area (Å²) in [5.74, 6) is 0.949. The van der Waals surface area contributed by atoms with Gasteiger partial charge in [0.1, 0.15) is 5.75 Å². The Kier molecular flexibility index (Phi) is 5.27. The monoisotopic (exact) mass is 371 g/mol. The van der Waals surface area contributed by atoms with Gasteiger partial charge in [0.25, 0.3) is 0 Å². The molecular formula is C24H25N3O. The van der Waals surface area contributed by atoms with Gasteiger partial charge in [0.05, 0.1) is 30.3 Å². The van der Waals surface area contributed by atoms with Gasteiger partial charge in [-0.3, -0.25) is 4.90 Å². The zero-order valence-electron chi connectivity index (χ0n) is 16.5. The summed E-state index contributed by atoms with van der Waals surface area (Å²) in [6.45, 7) is 4.79. The highest BCUT2D eigenvalue weighted by molar-refractivity contribution is 5.84. The van der Waals surface area contributed by atoms with E-state index >= 15 is 0 Å². The van der Waals surface area contributed by atoms with Crippen LogP contribution in [0.2, 0.25) is 0 Å². The molecule has 0 unspecified atom stereocenters. The number of rotatable bonds is 4. The van der Waals surface area contributed by atoms with E-state index in [1.54, 1.807) is 7.11 Å². The first-order chi connectivity index (χ1) is 13.7. The Balaban J connectivity index is 1.78. The van der Waals surface area contributed by atoms with E-state index in [9.17, 15) is 5.26 Å². The number of fused-ring (bicyclic) bond motifs is 1. The number of methoxy groups -OCH3 is 1. The largest absolute Gasteiger partial charge is 0.497 e. The summed E-state index contributed by atoms with van der Waals surface area (Å²) in [5.41, 5.74) is 5.52. The van der Waals surface area contributed by atoms with Crippen LogP contribution in [0.25, 0.3) is 22.2 Å². The topological polar surface area (TPSA) is 49.1 Å². The van der Waals surface area contributed by atoms with Gasteiger partial charge < -0.3 is 4.74 Å². The van der Waals surface area contributed by atoms with Crippen LogP contribution in [-0.4, -0.2) is 30.1 Å². The van der Waals surface area contributed by atoms with Gasteiger partial charge >= 0.3 is 0 Å². The number of benzene rings is 2. The van der Waals surface area contributed by atoms with Gasteiger partial charge in [-0.25, -0.2) is 4.98 Å². The highest BCUT2D eigenvalue weighted by Crippen LogP contribution is 2.30. The van der Waals surface area contributed by atoms with Gasteiger partial charge in [0, 0.05) is 30.1 Å². The molecule has 0 N–H and O–H groups in total. The molecule has 1 aliphatic heterocycles. The van der Waals surface area contributed by atoms with E-state index in [2.05, 4.69) is 54.3 Å². The molecule has 0 amide bonds. The molecule has 2 heterocycles. The maximum Gasteiger partial charge on any atom is 0.121 e. The maximum absolute atomic E-state index is 9.33. The smallest absolute Gasteiger partial charge is 0.121 e. The van der Waals surface area contributed by atoms with E-state index < -0.39 is 0 Å².